The van der Waals surface area contributed by atoms with Crippen molar-refractivity contribution in [3.05, 3.63) is 58.3 Å². The molecule has 1 fully saturated rings. The maximum atomic E-state index is 12.9. The molecule has 1 aromatic carbocycles. The molecule has 1 saturated heterocycles. The van der Waals surface area contributed by atoms with Crippen LogP contribution in [-0.2, 0) is 16.1 Å². The summed E-state index contributed by atoms with van der Waals surface area (Å²) in [7, 11) is 0. The van der Waals surface area contributed by atoms with Crippen LogP contribution in [0.25, 0.3) is 0 Å². The van der Waals surface area contributed by atoms with Crippen molar-refractivity contribution in [1.82, 2.24) is 15.1 Å². The SMILES string of the molecule is CCN(CC)C(CNC(=O)C1CCC(=O)N1Cc1ccccc1)c1cccs1. The highest BCUT2D eigenvalue weighted by Gasteiger charge is 2.36. The Morgan fingerprint density at radius 1 is 1.21 bits per heavy atom. The van der Waals surface area contributed by atoms with Gasteiger partial charge in [-0.3, -0.25) is 14.5 Å². The summed E-state index contributed by atoms with van der Waals surface area (Å²) in [5.41, 5.74) is 1.05. The summed E-state index contributed by atoms with van der Waals surface area (Å²) in [4.78, 5) is 30.6. The smallest absolute Gasteiger partial charge is 0.242 e. The molecule has 2 unspecified atom stereocenters. The highest BCUT2D eigenvalue weighted by Crippen LogP contribution is 2.25. The third kappa shape index (κ3) is 4.80. The maximum absolute atomic E-state index is 12.9. The standard InChI is InChI=1S/C22H29N3O2S/c1-3-24(4-2)19(20-11-8-14-28-20)15-23-22(27)18-12-13-21(26)25(18)16-17-9-6-5-7-10-17/h5-11,14,18-19H,3-4,12-13,15-16H2,1-2H3,(H,23,27). The van der Waals surface area contributed by atoms with Crippen LogP contribution in [0.15, 0.2) is 47.8 Å². The molecule has 0 aliphatic carbocycles. The number of nitrogens with zero attached hydrogens (tertiary/aromatic N) is 2. The molecule has 5 nitrogen and oxygen atoms in total. The van der Waals surface area contributed by atoms with Crippen LogP contribution in [0.5, 0.6) is 0 Å². The second-order valence-electron chi connectivity index (χ2n) is 7.06. The lowest BCUT2D eigenvalue weighted by Gasteiger charge is -2.30. The Labute approximate surface area is 171 Å². The number of nitrogens with one attached hydrogen (secondary N) is 1. The quantitative estimate of drug-likeness (QED) is 0.703. The van der Waals surface area contributed by atoms with Crippen molar-refractivity contribution in [2.45, 2.75) is 45.3 Å². The van der Waals surface area contributed by atoms with Crippen molar-refractivity contribution in [3.63, 3.8) is 0 Å². The molecule has 0 spiro atoms. The Kier molecular flexibility index (Phi) is 7.23. The number of likely N-dealkylation sites (N-methyl/N-ethyl adjacent to an activating group) is 1. The maximum Gasteiger partial charge on any atom is 0.242 e. The molecule has 28 heavy (non-hydrogen) atoms. The Balaban J connectivity index is 1.66. The fourth-order valence-electron chi connectivity index (χ4n) is 3.85. The molecule has 2 amide bonds. The number of thiophene rings is 1. The van der Waals surface area contributed by atoms with Gasteiger partial charge in [0.15, 0.2) is 0 Å². The third-order valence-corrected chi connectivity index (χ3v) is 6.39. The van der Waals surface area contributed by atoms with E-state index in [2.05, 4.69) is 41.6 Å². The van der Waals surface area contributed by atoms with E-state index in [1.807, 2.05) is 30.3 Å². The van der Waals surface area contributed by atoms with Crippen molar-refractivity contribution in [3.8, 4) is 0 Å². The topological polar surface area (TPSA) is 52.7 Å². The zero-order valence-electron chi connectivity index (χ0n) is 16.6. The van der Waals surface area contributed by atoms with E-state index in [1.165, 1.54) is 4.88 Å². The van der Waals surface area contributed by atoms with Gasteiger partial charge in [0.05, 0.1) is 6.04 Å². The van der Waals surface area contributed by atoms with E-state index < -0.39 is 0 Å². The van der Waals surface area contributed by atoms with Gasteiger partial charge in [-0.2, -0.15) is 0 Å². The minimum absolute atomic E-state index is 0.0458. The van der Waals surface area contributed by atoms with E-state index in [1.54, 1.807) is 16.2 Å². The summed E-state index contributed by atoms with van der Waals surface area (Å²) in [6, 6.07) is 13.8. The van der Waals surface area contributed by atoms with Gasteiger partial charge < -0.3 is 10.2 Å². The zero-order chi connectivity index (χ0) is 19.9. The molecule has 2 aromatic rings. The number of hydrogen-bond donors (Lipinski definition) is 1. The number of likely N-dealkylation sites (tertiary alicyclic amines) is 1. The van der Waals surface area contributed by atoms with Gasteiger partial charge in [-0.25, -0.2) is 0 Å². The van der Waals surface area contributed by atoms with E-state index in [9.17, 15) is 9.59 Å². The van der Waals surface area contributed by atoms with Gasteiger partial charge in [-0.15, -0.1) is 11.3 Å². The van der Waals surface area contributed by atoms with Gasteiger partial charge in [0, 0.05) is 24.4 Å². The van der Waals surface area contributed by atoms with Gasteiger partial charge in [0.25, 0.3) is 0 Å². The van der Waals surface area contributed by atoms with E-state index in [0.29, 0.717) is 25.9 Å². The first kappa shape index (κ1) is 20.6. The summed E-state index contributed by atoms with van der Waals surface area (Å²) >= 11 is 1.72. The predicted octanol–water partition coefficient (Wildman–Crippen LogP) is 3.44. The summed E-state index contributed by atoms with van der Waals surface area (Å²) < 4.78 is 0. The molecule has 1 aliphatic heterocycles. The molecule has 2 atom stereocenters. The van der Waals surface area contributed by atoms with Crippen LogP contribution in [0.3, 0.4) is 0 Å². The van der Waals surface area contributed by atoms with Crippen LogP contribution in [0.2, 0.25) is 0 Å². The Morgan fingerprint density at radius 3 is 2.61 bits per heavy atom. The molecular weight excluding hydrogens is 370 g/mol. The van der Waals surface area contributed by atoms with E-state index in [-0.39, 0.29) is 23.9 Å². The fourth-order valence-corrected chi connectivity index (χ4v) is 4.72. The lowest BCUT2D eigenvalue weighted by molar-refractivity contribution is -0.135. The number of benzene rings is 1. The van der Waals surface area contributed by atoms with E-state index in [0.717, 1.165) is 18.7 Å². The van der Waals surface area contributed by atoms with Crippen molar-refractivity contribution in [2.24, 2.45) is 0 Å². The number of hydrogen-bond acceptors (Lipinski definition) is 4. The van der Waals surface area contributed by atoms with E-state index >= 15 is 0 Å². The molecular formula is C22H29N3O2S. The average molecular weight is 400 g/mol. The average Bonchev–Trinajstić information content (AvgIpc) is 3.37. The number of amides is 2. The van der Waals surface area contributed by atoms with Crippen LogP contribution in [-0.4, -0.2) is 47.3 Å². The molecule has 1 N–H and O–H groups in total. The summed E-state index contributed by atoms with van der Waals surface area (Å²) in [5, 5.41) is 5.20. The molecule has 0 radical (unpaired) electrons. The second kappa shape index (κ2) is 9.85. The summed E-state index contributed by atoms with van der Waals surface area (Å²) in [5.74, 6) is 0.0121. The highest BCUT2D eigenvalue weighted by atomic mass is 32.1. The van der Waals surface area contributed by atoms with Crippen LogP contribution in [0.4, 0.5) is 0 Å². The Bertz CT molecular complexity index is 759. The molecule has 1 aliphatic rings. The van der Waals surface area contributed by atoms with Crippen LogP contribution < -0.4 is 5.32 Å². The van der Waals surface area contributed by atoms with Crippen molar-refractivity contribution < 1.29 is 9.59 Å². The zero-order valence-corrected chi connectivity index (χ0v) is 17.5. The summed E-state index contributed by atoms with van der Waals surface area (Å²) in [6.45, 7) is 7.19. The molecule has 2 heterocycles. The first-order chi connectivity index (χ1) is 13.6. The lowest BCUT2D eigenvalue weighted by Crippen LogP contribution is -2.46. The second-order valence-corrected chi connectivity index (χ2v) is 8.04. The van der Waals surface area contributed by atoms with Crippen LogP contribution in [0.1, 0.15) is 43.2 Å². The van der Waals surface area contributed by atoms with Crippen LogP contribution in [0, 0.1) is 0 Å². The molecule has 0 bridgehead atoms. The number of rotatable bonds is 9. The number of carbonyl (C=O) groups is 2. The van der Waals surface area contributed by atoms with Crippen molar-refractivity contribution in [1.29, 1.82) is 0 Å². The molecule has 1 aromatic heterocycles. The summed E-state index contributed by atoms with van der Waals surface area (Å²) in [6.07, 6.45) is 1.03. The van der Waals surface area contributed by atoms with Crippen molar-refractivity contribution in [2.75, 3.05) is 19.6 Å². The first-order valence-corrected chi connectivity index (χ1v) is 10.9. The number of carbonyl (C=O) groups excluding carboxylic acids is 2. The van der Waals surface area contributed by atoms with Crippen molar-refractivity contribution >= 4 is 23.2 Å². The highest BCUT2D eigenvalue weighted by molar-refractivity contribution is 7.10. The van der Waals surface area contributed by atoms with Crippen LogP contribution >= 0.6 is 11.3 Å². The van der Waals surface area contributed by atoms with Gasteiger partial charge >= 0.3 is 0 Å². The normalized spacial score (nSPS) is 17.9. The largest absolute Gasteiger partial charge is 0.352 e. The minimum Gasteiger partial charge on any atom is -0.352 e. The van der Waals surface area contributed by atoms with Gasteiger partial charge in [-0.05, 0) is 36.5 Å². The van der Waals surface area contributed by atoms with Gasteiger partial charge in [-0.1, -0.05) is 50.2 Å². The predicted molar refractivity (Wildman–Crippen MR) is 113 cm³/mol. The molecule has 6 heteroatoms. The Morgan fingerprint density at radius 2 is 1.96 bits per heavy atom. The fraction of sp³-hybridized carbons (Fsp3) is 0.455. The third-order valence-electron chi connectivity index (χ3n) is 5.42. The van der Waals surface area contributed by atoms with Gasteiger partial charge in [0.2, 0.25) is 11.8 Å². The lowest BCUT2D eigenvalue weighted by atomic mass is 10.1. The monoisotopic (exact) mass is 399 g/mol. The molecule has 0 saturated carbocycles. The van der Waals surface area contributed by atoms with Gasteiger partial charge in [0.1, 0.15) is 6.04 Å². The molecule has 3 rings (SSSR count). The minimum atomic E-state index is -0.381. The Hall–Kier alpha value is -2.18. The molecule has 150 valence electrons. The first-order valence-electron chi connectivity index (χ1n) is 10.0. The van der Waals surface area contributed by atoms with E-state index in [4.69, 9.17) is 0 Å².